The van der Waals surface area contributed by atoms with Crippen LogP contribution in [-0.2, 0) is 4.79 Å². The minimum Gasteiger partial charge on any atom is -0.396 e. The van der Waals surface area contributed by atoms with Crippen molar-refractivity contribution in [2.45, 2.75) is 57.3 Å². The van der Waals surface area contributed by atoms with Crippen molar-refractivity contribution in [2.24, 2.45) is 34.0 Å². The second-order valence-electron chi connectivity index (χ2n) is 9.47. The Balaban J connectivity index is 1.92. The largest absolute Gasteiger partial charge is 0.396 e. The molecule has 6 nitrogen and oxygen atoms in total. The van der Waals surface area contributed by atoms with Gasteiger partial charge in [-0.2, -0.15) is 0 Å². The molecule has 0 aromatic rings. The van der Waals surface area contributed by atoms with Crippen molar-refractivity contribution < 1.29 is 30.3 Å². The van der Waals surface area contributed by atoms with E-state index in [-0.39, 0.29) is 43.3 Å². The van der Waals surface area contributed by atoms with Gasteiger partial charge in [0.25, 0.3) is 0 Å². The summed E-state index contributed by atoms with van der Waals surface area (Å²) in [4.78, 5) is 13.2. The molecule has 4 fully saturated rings. The van der Waals surface area contributed by atoms with Gasteiger partial charge < -0.3 is 25.5 Å². The molecule has 146 valence electrons. The summed E-state index contributed by atoms with van der Waals surface area (Å²) in [5.41, 5.74) is -2.37. The molecule has 4 aliphatic rings. The zero-order valence-electron chi connectivity index (χ0n) is 15.3. The van der Waals surface area contributed by atoms with Crippen molar-refractivity contribution in [1.29, 1.82) is 0 Å². The van der Waals surface area contributed by atoms with E-state index in [1.54, 1.807) is 0 Å². The molecule has 4 rings (SSSR count). The van der Waals surface area contributed by atoms with Gasteiger partial charge in [0.05, 0.1) is 23.7 Å². The second-order valence-corrected chi connectivity index (χ2v) is 9.47. The molecule has 1 spiro atoms. The third kappa shape index (κ3) is 1.82. The van der Waals surface area contributed by atoms with E-state index in [9.17, 15) is 30.3 Å². The molecule has 2 bridgehead atoms. The van der Waals surface area contributed by atoms with Crippen LogP contribution in [0.25, 0.3) is 0 Å². The molecule has 0 amide bonds. The highest BCUT2D eigenvalue weighted by atomic mass is 16.3. The van der Waals surface area contributed by atoms with E-state index < -0.39 is 46.4 Å². The lowest BCUT2D eigenvalue weighted by atomic mass is 9.39. The van der Waals surface area contributed by atoms with Gasteiger partial charge in [-0.05, 0) is 48.5 Å². The van der Waals surface area contributed by atoms with Gasteiger partial charge in [-0.1, -0.05) is 19.9 Å². The first-order chi connectivity index (χ1) is 12.2. The predicted molar refractivity (Wildman–Crippen MR) is 92.9 cm³/mol. The molecule has 9 atom stereocenters. The van der Waals surface area contributed by atoms with Crippen LogP contribution in [0.5, 0.6) is 0 Å². The summed E-state index contributed by atoms with van der Waals surface area (Å²) in [7, 11) is 0. The standard InChI is InChI=1S/C20H30O6/c1-10-15-11(23)6-13-19(9-22)5-3-4-18(2,8-21)12(19)7-14(24)20(13,16(10)25)17(15)26/h11-15,17,21-24,26H,1,3-9H2,2H3. The van der Waals surface area contributed by atoms with Crippen molar-refractivity contribution in [3.8, 4) is 0 Å². The number of aliphatic hydroxyl groups excluding tert-OH is 5. The molecule has 5 N–H and O–H groups in total. The summed E-state index contributed by atoms with van der Waals surface area (Å²) >= 11 is 0. The number of fused-ring (bicyclic) bond motifs is 3. The average molecular weight is 366 g/mol. The number of carbonyl (C=O) groups is 1. The van der Waals surface area contributed by atoms with Gasteiger partial charge in [0.15, 0.2) is 5.78 Å². The molecule has 0 saturated heterocycles. The molecule has 4 aliphatic carbocycles. The molecule has 0 heterocycles. The number of carbonyl (C=O) groups excluding carboxylic acids is 1. The van der Waals surface area contributed by atoms with Gasteiger partial charge in [-0.3, -0.25) is 4.79 Å². The molecule has 0 aromatic carbocycles. The Morgan fingerprint density at radius 2 is 1.77 bits per heavy atom. The fourth-order valence-electron chi connectivity index (χ4n) is 7.44. The predicted octanol–water partition coefficient (Wildman–Crippen LogP) is 0.0116. The van der Waals surface area contributed by atoms with Crippen molar-refractivity contribution in [2.75, 3.05) is 13.2 Å². The minimum atomic E-state index is -1.39. The number of hydrogen-bond acceptors (Lipinski definition) is 6. The number of aliphatic hydroxyl groups is 5. The summed E-state index contributed by atoms with van der Waals surface area (Å²) in [6, 6.07) is 0. The SMILES string of the molecule is C=C1C(=O)C23C(O)CC4C(C)(CO)CCCC4(CO)C2CC(O)C1C3O. The normalized spacial score (nSPS) is 56.2. The van der Waals surface area contributed by atoms with E-state index in [1.807, 2.05) is 6.92 Å². The van der Waals surface area contributed by atoms with Crippen LogP contribution in [0.2, 0.25) is 0 Å². The Morgan fingerprint density at radius 3 is 2.38 bits per heavy atom. The monoisotopic (exact) mass is 366 g/mol. The van der Waals surface area contributed by atoms with E-state index in [2.05, 4.69) is 6.58 Å². The molecular formula is C20H30O6. The van der Waals surface area contributed by atoms with E-state index in [4.69, 9.17) is 0 Å². The lowest BCUT2D eigenvalue weighted by Gasteiger charge is -2.66. The zero-order valence-corrected chi connectivity index (χ0v) is 15.3. The van der Waals surface area contributed by atoms with Gasteiger partial charge in [-0.25, -0.2) is 0 Å². The summed E-state index contributed by atoms with van der Waals surface area (Å²) in [5, 5.41) is 53.4. The second kappa shape index (κ2) is 5.61. The molecule has 26 heavy (non-hydrogen) atoms. The molecule has 6 heteroatoms. The first-order valence-electron chi connectivity index (χ1n) is 9.70. The van der Waals surface area contributed by atoms with E-state index >= 15 is 0 Å². The average Bonchev–Trinajstić information content (AvgIpc) is 2.75. The van der Waals surface area contributed by atoms with Crippen LogP contribution in [0.3, 0.4) is 0 Å². The van der Waals surface area contributed by atoms with Gasteiger partial charge in [0, 0.05) is 24.5 Å². The van der Waals surface area contributed by atoms with Gasteiger partial charge in [0.2, 0.25) is 0 Å². The highest BCUT2D eigenvalue weighted by molar-refractivity contribution is 6.04. The molecule has 0 radical (unpaired) electrons. The summed E-state index contributed by atoms with van der Waals surface area (Å²) in [5.74, 6) is -1.81. The van der Waals surface area contributed by atoms with E-state index in [0.717, 1.165) is 12.8 Å². The topological polar surface area (TPSA) is 118 Å². The molecule has 4 saturated carbocycles. The molecular weight excluding hydrogens is 336 g/mol. The van der Waals surface area contributed by atoms with Crippen LogP contribution in [-0.4, -0.2) is 62.8 Å². The minimum absolute atomic E-state index is 0.0553. The fraction of sp³-hybridized carbons (Fsp3) is 0.850. The maximum absolute atomic E-state index is 13.2. The zero-order chi connectivity index (χ0) is 19.1. The lowest BCUT2D eigenvalue weighted by molar-refractivity contribution is -0.255. The number of hydrogen-bond donors (Lipinski definition) is 5. The summed E-state index contributed by atoms with van der Waals surface area (Å²) in [6.07, 6.45) is -0.421. The van der Waals surface area contributed by atoms with Crippen molar-refractivity contribution in [3.05, 3.63) is 12.2 Å². The first-order valence-corrected chi connectivity index (χ1v) is 9.70. The number of Topliss-reactive ketones (excluding diaryl/α,β-unsaturated/α-hetero) is 1. The Bertz CT molecular complexity index is 648. The quantitative estimate of drug-likeness (QED) is 0.440. The van der Waals surface area contributed by atoms with Gasteiger partial charge in [0.1, 0.15) is 0 Å². The smallest absolute Gasteiger partial charge is 0.170 e. The molecule has 9 unspecified atom stereocenters. The number of ketones is 1. The Hall–Kier alpha value is -0.790. The van der Waals surface area contributed by atoms with Crippen LogP contribution < -0.4 is 0 Å². The highest BCUT2D eigenvalue weighted by Crippen LogP contribution is 2.70. The van der Waals surface area contributed by atoms with Crippen molar-refractivity contribution >= 4 is 5.78 Å². The maximum Gasteiger partial charge on any atom is 0.170 e. The van der Waals surface area contributed by atoms with Gasteiger partial charge >= 0.3 is 0 Å². The van der Waals surface area contributed by atoms with E-state index in [1.165, 1.54) is 0 Å². The third-order valence-electron chi connectivity index (χ3n) is 8.67. The highest BCUT2D eigenvalue weighted by Gasteiger charge is 2.76. The van der Waals surface area contributed by atoms with Crippen LogP contribution >= 0.6 is 0 Å². The van der Waals surface area contributed by atoms with Crippen LogP contribution in [0.4, 0.5) is 0 Å². The third-order valence-corrected chi connectivity index (χ3v) is 8.67. The van der Waals surface area contributed by atoms with Crippen LogP contribution in [0.1, 0.15) is 39.0 Å². The van der Waals surface area contributed by atoms with Crippen LogP contribution in [0, 0.1) is 34.0 Å². The summed E-state index contributed by atoms with van der Waals surface area (Å²) in [6.45, 7) is 5.55. The molecule has 0 aromatic heterocycles. The van der Waals surface area contributed by atoms with E-state index in [0.29, 0.717) is 6.42 Å². The van der Waals surface area contributed by atoms with Gasteiger partial charge in [-0.15, -0.1) is 0 Å². The number of rotatable bonds is 2. The Labute approximate surface area is 153 Å². The maximum atomic E-state index is 13.2. The Morgan fingerprint density at radius 1 is 1.08 bits per heavy atom. The first kappa shape index (κ1) is 18.6. The summed E-state index contributed by atoms with van der Waals surface area (Å²) < 4.78 is 0. The van der Waals surface area contributed by atoms with Crippen molar-refractivity contribution in [3.63, 3.8) is 0 Å². The fourth-order valence-corrected chi connectivity index (χ4v) is 7.44. The van der Waals surface area contributed by atoms with Crippen molar-refractivity contribution in [1.82, 2.24) is 0 Å². The lowest BCUT2D eigenvalue weighted by Crippen LogP contribution is -2.70. The Kier molecular flexibility index (Phi) is 4.01. The van der Waals surface area contributed by atoms with Crippen LogP contribution in [0.15, 0.2) is 12.2 Å². The molecule has 0 aliphatic heterocycles.